The minimum Gasteiger partial charge on any atom is -0.388 e. The molecule has 1 atom stereocenters. The number of aliphatic hydroxyl groups is 1. The van der Waals surface area contributed by atoms with Crippen LogP contribution in [0.25, 0.3) is 0 Å². The largest absolute Gasteiger partial charge is 0.388 e. The molecule has 1 nitrogen and oxygen atoms in total. The summed E-state index contributed by atoms with van der Waals surface area (Å²) in [5, 5.41) is 10.0. The standard InChI is InChI=1S/C13H19BrO/c1-3-4-5-6-13(15)11-9-10(2)7-8-12(11)14/h7-9,13,15H,3-6H2,1-2H3. The fourth-order valence-corrected chi connectivity index (χ4v) is 2.17. The lowest BCUT2D eigenvalue weighted by Gasteiger charge is -2.13. The zero-order valence-electron chi connectivity index (χ0n) is 9.46. The SMILES string of the molecule is CCCCCC(O)c1cc(C)ccc1Br. The second kappa shape index (κ2) is 6.29. The predicted octanol–water partition coefficient (Wildman–Crippen LogP) is 4.37. The van der Waals surface area contributed by atoms with E-state index in [4.69, 9.17) is 0 Å². The first kappa shape index (κ1) is 12.7. The molecule has 0 amide bonds. The zero-order chi connectivity index (χ0) is 11.3. The van der Waals surface area contributed by atoms with E-state index in [0.717, 1.165) is 22.9 Å². The van der Waals surface area contributed by atoms with Crippen molar-refractivity contribution in [3.63, 3.8) is 0 Å². The highest BCUT2D eigenvalue weighted by Gasteiger charge is 2.10. The van der Waals surface area contributed by atoms with Crippen LogP contribution in [0.2, 0.25) is 0 Å². The normalized spacial score (nSPS) is 12.8. The van der Waals surface area contributed by atoms with Crippen LogP contribution in [0.4, 0.5) is 0 Å². The number of aryl methyl sites for hydroxylation is 1. The Bertz CT molecular complexity index is 309. The number of hydrogen-bond acceptors (Lipinski definition) is 1. The summed E-state index contributed by atoms with van der Waals surface area (Å²) in [7, 11) is 0. The Morgan fingerprint density at radius 3 is 2.73 bits per heavy atom. The van der Waals surface area contributed by atoms with E-state index in [1.54, 1.807) is 0 Å². The molecule has 0 saturated heterocycles. The van der Waals surface area contributed by atoms with Crippen molar-refractivity contribution in [3.8, 4) is 0 Å². The third-order valence-corrected chi connectivity index (χ3v) is 3.31. The molecule has 0 aliphatic carbocycles. The summed E-state index contributed by atoms with van der Waals surface area (Å²) in [5.74, 6) is 0. The van der Waals surface area contributed by atoms with Crippen molar-refractivity contribution in [1.29, 1.82) is 0 Å². The molecule has 0 heterocycles. The third-order valence-electron chi connectivity index (χ3n) is 2.59. The molecule has 0 bridgehead atoms. The summed E-state index contributed by atoms with van der Waals surface area (Å²) in [6.45, 7) is 4.23. The minimum absolute atomic E-state index is 0.328. The highest BCUT2D eigenvalue weighted by molar-refractivity contribution is 9.10. The van der Waals surface area contributed by atoms with Crippen LogP contribution in [0.3, 0.4) is 0 Å². The summed E-state index contributed by atoms with van der Waals surface area (Å²) in [6.07, 6.45) is 4.02. The van der Waals surface area contributed by atoms with Gasteiger partial charge in [-0.15, -0.1) is 0 Å². The van der Waals surface area contributed by atoms with E-state index in [1.807, 2.05) is 12.1 Å². The maximum Gasteiger partial charge on any atom is 0.0801 e. The van der Waals surface area contributed by atoms with E-state index in [1.165, 1.54) is 18.4 Å². The summed E-state index contributed by atoms with van der Waals surface area (Å²) < 4.78 is 1.01. The van der Waals surface area contributed by atoms with E-state index in [9.17, 15) is 5.11 Å². The molecule has 0 aliphatic rings. The molecule has 1 aromatic rings. The van der Waals surface area contributed by atoms with Gasteiger partial charge in [-0.05, 0) is 25.0 Å². The number of rotatable bonds is 5. The predicted molar refractivity (Wildman–Crippen MR) is 68.0 cm³/mol. The summed E-state index contributed by atoms with van der Waals surface area (Å²) in [5.41, 5.74) is 2.22. The van der Waals surface area contributed by atoms with Gasteiger partial charge in [-0.3, -0.25) is 0 Å². The van der Waals surface area contributed by atoms with Gasteiger partial charge in [0.1, 0.15) is 0 Å². The zero-order valence-corrected chi connectivity index (χ0v) is 11.0. The Labute approximate surface area is 101 Å². The molecular formula is C13H19BrO. The first-order valence-corrected chi connectivity index (χ1v) is 6.38. The Hall–Kier alpha value is -0.340. The van der Waals surface area contributed by atoms with Gasteiger partial charge in [0.2, 0.25) is 0 Å². The van der Waals surface area contributed by atoms with Crippen LogP contribution in [0, 0.1) is 6.92 Å². The average Bonchev–Trinajstić information content (AvgIpc) is 2.22. The first-order chi connectivity index (χ1) is 7.15. The van der Waals surface area contributed by atoms with Gasteiger partial charge < -0.3 is 5.11 Å². The highest BCUT2D eigenvalue weighted by Crippen LogP contribution is 2.27. The van der Waals surface area contributed by atoms with Gasteiger partial charge in [0, 0.05) is 4.47 Å². The van der Waals surface area contributed by atoms with Crippen molar-refractivity contribution in [1.82, 2.24) is 0 Å². The molecule has 2 heteroatoms. The van der Waals surface area contributed by atoms with Crippen molar-refractivity contribution in [3.05, 3.63) is 33.8 Å². The quantitative estimate of drug-likeness (QED) is 0.788. The van der Waals surface area contributed by atoms with Crippen molar-refractivity contribution >= 4 is 15.9 Å². The molecule has 1 aromatic carbocycles. The lowest BCUT2D eigenvalue weighted by molar-refractivity contribution is 0.163. The Kier molecular flexibility index (Phi) is 5.34. The fraction of sp³-hybridized carbons (Fsp3) is 0.538. The Morgan fingerprint density at radius 1 is 1.33 bits per heavy atom. The highest BCUT2D eigenvalue weighted by atomic mass is 79.9. The average molecular weight is 271 g/mol. The van der Waals surface area contributed by atoms with E-state index < -0.39 is 0 Å². The molecule has 1 unspecified atom stereocenters. The van der Waals surface area contributed by atoms with E-state index >= 15 is 0 Å². The summed E-state index contributed by atoms with van der Waals surface area (Å²) in [4.78, 5) is 0. The van der Waals surface area contributed by atoms with E-state index in [2.05, 4.69) is 35.8 Å². The molecular weight excluding hydrogens is 252 g/mol. The molecule has 1 rings (SSSR count). The van der Waals surface area contributed by atoms with Crippen molar-refractivity contribution in [2.45, 2.75) is 45.6 Å². The van der Waals surface area contributed by atoms with Gasteiger partial charge in [-0.1, -0.05) is 59.8 Å². The number of unbranched alkanes of at least 4 members (excludes halogenated alkanes) is 2. The van der Waals surface area contributed by atoms with Gasteiger partial charge in [0.25, 0.3) is 0 Å². The van der Waals surface area contributed by atoms with Crippen LogP contribution < -0.4 is 0 Å². The number of benzene rings is 1. The monoisotopic (exact) mass is 270 g/mol. The smallest absolute Gasteiger partial charge is 0.0801 e. The van der Waals surface area contributed by atoms with Crippen LogP contribution in [0.5, 0.6) is 0 Å². The molecule has 1 N–H and O–H groups in total. The molecule has 15 heavy (non-hydrogen) atoms. The molecule has 0 saturated carbocycles. The van der Waals surface area contributed by atoms with Crippen molar-refractivity contribution in [2.24, 2.45) is 0 Å². The molecule has 0 spiro atoms. The van der Waals surface area contributed by atoms with Crippen molar-refractivity contribution in [2.75, 3.05) is 0 Å². The van der Waals surface area contributed by atoms with Gasteiger partial charge in [0.05, 0.1) is 6.10 Å². The molecule has 84 valence electrons. The lowest BCUT2D eigenvalue weighted by atomic mass is 10.0. The topological polar surface area (TPSA) is 20.2 Å². The Morgan fingerprint density at radius 2 is 2.07 bits per heavy atom. The van der Waals surface area contributed by atoms with Crippen LogP contribution in [0.15, 0.2) is 22.7 Å². The molecule has 0 aromatic heterocycles. The van der Waals surface area contributed by atoms with Gasteiger partial charge in [0.15, 0.2) is 0 Å². The third kappa shape index (κ3) is 3.96. The maximum absolute atomic E-state index is 10.0. The first-order valence-electron chi connectivity index (χ1n) is 5.59. The maximum atomic E-state index is 10.0. The lowest BCUT2D eigenvalue weighted by Crippen LogP contribution is -1.99. The van der Waals surface area contributed by atoms with Crippen LogP contribution in [-0.2, 0) is 0 Å². The van der Waals surface area contributed by atoms with Crippen LogP contribution in [-0.4, -0.2) is 5.11 Å². The molecule has 0 fully saturated rings. The number of halogens is 1. The summed E-state index contributed by atoms with van der Waals surface area (Å²) in [6, 6.07) is 6.11. The molecule has 0 radical (unpaired) electrons. The van der Waals surface area contributed by atoms with E-state index in [-0.39, 0.29) is 6.10 Å². The van der Waals surface area contributed by atoms with Crippen molar-refractivity contribution < 1.29 is 5.11 Å². The molecule has 0 aliphatic heterocycles. The van der Waals surface area contributed by atoms with Crippen LogP contribution in [0.1, 0.15) is 49.8 Å². The van der Waals surface area contributed by atoms with E-state index in [0.29, 0.717) is 0 Å². The minimum atomic E-state index is -0.328. The fourth-order valence-electron chi connectivity index (χ4n) is 1.66. The van der Waals surface area contributed by atoms with Crippen LogP contribution >= 0.6 is 15.9 Å². The van der Waals surface area contributed by atoms with Gasteiger partial charge in [-0.25, -0.2) is 0 Å². The number of aliphatic hydroxyl groups excluding tert-OH is 1. The number of hydrogen-bond donors (Lipinski definition) is 1. The van der Waals surface area contributed by atoms with Gasteiger partial charge >= 0.3 is 0 Å². The second-order valence-electron chi connectivity index (χ2n) is 4.04. The Balaban J connectivity index is 2.64. The second-order valence-corrected chi connectivity index (χ2v) is 4.89. The summed E-state index contributed by atoms with van der Waals surface area (Å²) >= 11 is 3.48. The van der Waals surface area contributed by atoms with Gasteiger partial charge in [-0.2, -0.15) is 0 Å².